The van der Waals surface area contributed by atoms with Crippen molar-refractivity contribution in [3.63, 3.8) is 0 Å². The van der Waals surface area contributed by atoms with Crippen LogP contribution in [0.25, 0.3) is 0 Å². The van der Waals surface area contributed by atoms with Gasteiger partial charge in [-0.2, -0.15) is 0 Å². The Balaban J connectivity index is 1.38. The van der Waals surface area contributed by atoms with Gasteiger partial charge in [-0.3, -0.25) is 4.79 Å². The average molecular weight is 667 g/mol. The number of esters is 1. The summed E-state index contributed by atoms with van der Waals surface area (Å²) >= 11 is 0. The SMILES string of the molecule is CC1(C)CC[C@]2(C(=O)O[C@@H]3O[C@H](CO)[C@@H](O)[C@H](O)[C@H]3O)CC[C@]3(C)C(=CC[C@H]4[C@@]5(C)C[C@@H](O)[C@H](O)[C@@](C)(CO)[C@@H]5[C@H](O)C[C@]43C)[C@H]2C1. The Morgan fingerprint density at radius 1 is 0.851 bits per heavy atom. The van der Waals surface area contributed by atoms with Crippen molar-refractivity contribution in [3.8, 4) is 0 Å². The molecule has 0 aromatic carbocycles. The van der Waals surface area contributed by atoms with Crippen molar-refractivity contribution in [2.24, 2.45) is 50.2 Å². The van der Waals surface area contributed by atoms with Gasteiger partial charge < -0.3 is 50.3 Å². The number of allylic oxidation sites excluding steroid dienone is 2. The van der Waals surface area contributed by atoms with E-state index in [0.29, 0.717) is 38.5 Å². The van der Waals surface area contributed by atoms with Crippen LogP contribution in [0.15, 0.2) is 11.6 Å². The first kappa shape index (κ1) is 35.7. The van der Waals surface area contributed by atoms with E-state index in [1.54, 1.807) is 6.92 Å². The fraction of sp³-hybridized carbons (Fsp3) is 0.917. The molecule has 8 N–H and O–H groups in total. The molecule has 11 heteroatoms. The smallest absolute Gasteiger partial charge is 0.315 e. The van der Waals surface area contributed by atoms with Gasteiger partial charge in [0.1, 0.15) is 24.4 Å². The van der Waals surface area contributed by atoms with E-state index in [2.05, 4.69) is 40.7 Å². The van der Waals surface area contributed by atoms with Crippen LogP contribution in [0.3, 0.4) is 0 Å². The van der Waals surface area contributed by atoms with Crippen LogP contribution in [-0.2, 0) is 14.3 Å². The third kappa shape index (κ3) is 4.81. The van der Waals surface area contributed by atoms with E-state index in [4.69, 9.17) is 9.47 Å². The van der Waals surface area contributed by atoms with Crippen LogP contribution >= 0.6 is 0 Å². The van der Waals surface area contributed by atoms with Crippen molar-refractivity contribution in [2.45, 2.75) is 142 Å². The lowest BCUT2D eigenvalue weighted by Crippen LogP contribution is -2.71. The Labute approximate surface area is 278 Å². The number of aliphatic hydroxyl groups excluding tert-OH is 8. The van der Waals surface area contributed by atoms with Crippen molar-refractivity contribution in [1.29, 1.82) is 0 Å². The van der Waals surface area contributed by atoms with E-state index in [9.17, 15) is 45.6 Å². The van der Waals surface area contributed by atoms with Crippen LogP contribution < -0.4 is 0 Å². The van der Waals surface area contributed by atoms with Crippen molar-refractivity contribution in [1.82, 2.24) is 0 Å². The molecule has 6 rings (SSSR count). The van der Waals surface area contributed by atoms with Gasteiger partial charge in [0.15, 0.2) is 0 Å². The summed E-state index contributed by atoms with van der Waals surface area (Å²) in [7, 11) is 0. The lowest BCUT2D eigenvalue weighted by atomic mass is 9.33. The number of carbonyl (C=O) groups is 1. The summed E-state index contributed by atoms with van der Waals surface area (Å²) in [6, 6.07) is 0. The summed E-state index contributed by atoms with van der Waals surface area (Å²) in [4.78, 5) is 14.4. The molecule has 0 bridgehead atoms. The van der Waals surface area contributed by atoms with Crippen LogP contribution in [0.1, 0.15) is 92.9 Å². The van der Waals surface area contributed by atoms with Crippen LogP contribution in [0.2, 0.25) is 0 Å². The molecular formula is C36H58O11. The third-order valence-electron chi connectivity index (χ3n) is 15.1. The first-order valence-electron chi connectivity index (χ1n) is 17.6. The largest absolute Gasteiger partial charge is 0.432 e. The molecule has 11 nitrogen and oxygen atoms in total. The second-order valence-corrected chi connectivity index (χ2v) is 18.0. The molecule has 0 unspecified atom stereocenters. The van der Waals surface area contributed by atoms with Gasteiger partial charge in [-0.15, -0.1) is 0 Å². The minimum Gasteiger partial charge on any atom is -0.432 e. The van der Waals surface area contributed by atoms with Crippen molar-refractivity contribution in [3.05, 3.63) is 11.6 Å². The Kier molecular flexibility index (Phi) is 8.68. The summed E-state index contributed by atoms with van der Waals surface area (Å²) < 4.78 is 11.5. The summed E-state index contributed by atoms with van der Waals surface area (Å²) in [5.41, 5.74) is -2.27. The van der Waals surface area contributed by atoms with Crippen LogP contribution in [0, 0.1) is 50.2 Å². The minimum atomic E-state index is -1.68. The lowest BCUT2D eigenvalue weighted by Gasteiger charge is -2.72. The molecular weight excluding hydrogens is 608 g/mol. The molecule has 16 atom stereocenters. The maximum Gasteiger partial charge on any atom is 0.315 e. The zero-order valence-electron chi connectivity index (χ0n) is 28.8. The highest BCUT2D eigenvalue weighted by atomic mass is 16.7. The average Bonchev–Trinajstić information content (AvgIpc) is 3.00. The van der Waals surface area contributed by atoms with Gasteiger partial charge >= 0.3 is 5.97 Å². The first-order valence-corrected chi connectivity index (χ1v) is 17.6. The molecule has 0 radical (unpaired) electrons. The summed E-state index contributed by atoms with van der Waals surface area (Å²) in [6.07, 6.45) is -3.65. The van der Waals surface area contributed by atoms with Crippen LogP contribution in [-0.4, -0.2) is 109 Å². The third-order valence-corrected chi connectivity index (χ3v) is 15.1. The molecule has 0 spiro atoms. The Morgan fingerprint density at radius 2 is 1.51 bits per heavy atom. The molecule has 5 fully saturated rings. The number of aliphatic hydroxyl groups is 8. The molecule has 47 heavy (non-hydrogen) atoms. The summed E-state index contributed by atoms with van der Waals surface area (Å²) in [6.45, 7) is 11.8. The van der Waals surface area contributed by atoms with E-state index in [1.807, 2.05) is 0 Å². The lowest BCUT2D eigenvalue weighted by molar-refractivity contribution is -0.298. The number of hydrogen-bond donors (Lipinski definition) is 8. The number of ether oxygens (including phenoxy) is 2. The zero-order valence-corrected chi connectivity index (χ0v) is 28.8. The number of hydrogen-bond acceptors (Lipinski definition) is 11. The molecule has 1 aliphatic heterocycles. The van der Waals surface area contributed by atoms with Gasteiger partial charge in [-0.1, -0.05) is 53.2 Å². The predicted molar refractivity (Wildman–Crippen MR) is 169 cm³/mol. The van der Waals surface area contributed by atoms with Crippen LogP contribution in [0.4, 0.5) is 0 Å². The molecule has 6 aliphatic rings. The minimum absolute atomic E-state index is 0.0374. The second-order valence-electron chi connectivity index (χ2n) is 18.0. The predicted octanol–water partition coefficient (Wildman–Crippen LogP) is 1.41. The summed E-state index contributed by atoms with van der Waals surface area (Å²) in [5, 5.41) is 85.8. The molecule has 268 valence electrons. The van der Waals surface area contributed by atoms with E-state index in [1.165, 1.54) is 5.57 Å². The Bertz CT molecular complexity index is 1270. The molecule has 1 heterocycles. The van der Waals surface area contributed by atoms with Crippen LogP contribution in [0.5, 0.6) is 0 Å². The van der Waals surface area contributed by atoms with Crippen molar-refractivity contribution < 1.29 is 55.1 Å². The quantitative estimate of drug-likeness (QED) is 0.160. The normalized spacial score (nSPS) is 55.4. The van der Waals surface area contributed by atoms with E-state index < -0.39 is 94.6 Å². The number of carbonyl (C=O) groups excluding carboxylic acids is 1. The first-order chi connectivity index (χ1) is 21.8. The second kappa shape index (κ2) is 11.4. The van der Waals surface area contributed by atoms with Gasteiger partial charge in [-0.25, -0.2) is 0 Å². The summed E-state index contributed by atoms with van der Waals surface area (Å²) in [5.74, 6) is -1.09. The topological polar surface area (TPSA) is 197 Å². The molecule has 1 saturated heterocycles. The van der Waals surface area contributed by atoms with E-state index >= 15 is 0 Å². The van der Waals surface area contributed by atoms with E-state index in [-0.39, 0.29) is 23.9 Å². The number of rotatable bonds is 4. The highest BCUT2D eigenvalue weighted by Gasteiger charge is 2.72. The standard InChI is InChI=1S/C36H58O11/c1-31(2)9-11-36(30(45)47-29-26(43)25(42)24(41)22(16-37)46-29)12-10-34(5)18(19(36)13-31)7-8-23-32(3)14-21(40)28(44)33(4,17-38)27(32)20(39)15-35(23,34)6/h7,19-29,37-44H,8-17H2,1-6H3/t19-,20-,21-,22-,23+,24-,25+,26-,27-,28+,29+,32-,33+,34-,35-,36+/m1/s1. The van der Waals surface area contributed by atoms with Gasteiger partial charge in [0.05, 0.1) is 36.9 Å². The fourth-order valence-corrected chi connectivity index (χ4v) is 12.3. The van der Waals surface area contributed by atoms with Crippen molar-refractivity contribution in [2.75, 3.05) is 13.2 Å². The Hall–Kier alpha value is -1.15. The molecule has 0 amide bonds. The number of fused-ring (bicyclic) bond motifs is 7. The highest BCUT2D eigenvalue weighted by molar-refractivity contribution is 5.79. The zero-order chi connectivity index (χ0) is 34.7. The molecule has 0 aromatic heterocycles. The van der Waals surface area contributed by atoms with Gasteiger partial charge in [0, 0.05) is 11.3 Å². The Morgan fingerprint density at radius 3 is 2.15 bits per heavy atom. The monoisotopic (exact) mass is 666 g/mol. The van der Waals surface area contributed by atoms with Gasteiger partial charge in [0.2, 0.25) is 6.29 Å². The van der Waals surface area contributed by atoms with Gasteiger partial charge in [-0.05, 0) is 84.9 Å². The highest BCUT2D eigenvalue weighted by Crippen LogP contribution is 2.75. The van der Waals surface area contributed by atoms with E-state index in [0.717, 1.165) is 12.8 Å². The van der Waals surface area contributed by atoms with Crippen molar-refractivity contribution >= 4 is 5.97 Å². The molecule has 0 aromatic rings. The molecule has 5 aliphatic carbocycles. The fourth-order valence-electron chi connectivity index (χ4n) is 12.3. The van der Waals surface area contributed by atoms with Gasteiger partial charge in [0.25, 0.3) is 0 Å². The maximum absolute atomic E-state index is 14.4. The molecule has 4 saturated carbocycles. The maximum atomic E-state index is 14.4.